The van der Waals surface area contributed by atoms with E-state index >= 15 is 0 Å². The molecule has 0 radical (unpaired) electrons. The molecule has 0 aliphatic rings. The standard InChI is InChI=1S/C14H11NO3S.ClH/c16-19(17,13-4-2-1-3-5-13)15-12-6-7-14-11(10-12)8-9-18-14;/h1-10,15H;1H. The summed E-state index contributed by atoms with van der Waals surface area (Å²) in [5, 5.41) is 0.855. The SMILES string of the molecule is Cl.O=S(=O)(Nc1ccc2occc2c1)c1ccccc1. The number of halogens is 1. The predicted molar refractivity (Wildman–Crippen MR) is 80.7 cm³/mol. The highest BCUT2D eigenvalue weighted by atomic mass is 35.5. The van der Waals surface area contributed by atoms with Crippen molar-refractivity contribution in [1.82, 2.24) is 0 Å². The minimum atomic E-state index is -3.55. The Bertz CT molecular complexity index is 813. The number of sulfonamides is 1. The van der Waals surface area contributed by atoms with Crippen molar-refractivity contribution in [2.45, 2.75) is 4.90 Å². The molecule has 0 bridgehead atoms. The second-order valence-electron chi connectivity index (χ2n) is 4.09. The quantitative estimate of drug-likeness (QED) is 0.803. The first-order valence-electron chi connectivity index (χ1n) is 5.70. The summed E-state index contributed by atoms with van der Waals surface area (Å²) < 4.78 is 32.0. The van der Waals surface area contributed by atoms with Gasteiger partial charge in [-0.2, -0.15) is 0 Å². The highest BCUT2D eigenvalue weighted by Gasteiger charge is 2.13. The van der Waals surface area contributed by atoms with Crippen LogP contribution in [0.3, 0.4) is 0 Å². The lowest BCUT2D eigenvalue weighted by atomic mass is 10.2. The lowest BCUT2D eigenvalue weighted by Crippen LogP contribution is -2.12. The van der Waals surface area contributed by atoms with Gasteiger partial charge in [-0.3, -0.25) is 4.72 Å². The summed E-state index contributed by atoms with van der Waals surface area (Å²) in [7, 11) is -3.55. The Hall–Kier alpha value is -1.98. The van der Waals surface area contributed by atoms with Crippen molar-refractivity contribution in [3.05, 3.63) is 60.9 Å². The van der Waals surface area contributed by atoms with Crippen LogP contribution >= 0.6 is 12.4 Å². The second-order valence-corrected chi connectivity index (χ2v) is 5.77. The van der Waals surface area contributed by atoms with Gasteiger partial charge >= 0.3 is 0 Å². The van der Waals surface area contributed by atoms with Crippen LogP contribution in [0.15, 0.2) is 70.2 Å². The molecule has 2 aromatic carbocycles. The zero-order valence-electron chi connectivity index (χ0n) is 10.3. The number of furan rings is 1. The molecule has 1 heterocycles. The van der Waals surface area contributed by atoms with E-state index in [1.807, 2.05) is 0 Å². The molecule has 0 aliphatic heterocycles. The lowest BCUT2D eigenvalue weighted by molar-refractivity contribution is 0.601. The molecule has 20 heavy (non-hydrogen) atoms. The van der Waals surface area contributed by atoms with Gasteiger partial charge in [0.1, 0.15) is 5.58 Å². The van der Waals surface area contributed by atoms with Gasteiger partial charge in [-0.25, -0.2) is 8.42 Å². The van der Waals surface area contributed by atoms with Crippen LogP contribution in [0.1, 0.15) is 0 Å². The molecule has 4 nitrogen and oxygen atoms in total. The first-order valence-corrected chi connectivity index (χ1v) is 7.19. The molecule has 3 aromatic rings. The minimum absolute atomic E-state index is 0. The summed E-state index contributed by atoms with van der Waals surface area (Å²) >= 11 is 0. The number of rotatable bonds is 3. The molecule has 0 spiro atoms. The predicted octanol–water partition coefficient (Wildman–Crippen LogP) is 3.66. The zero-order valence-corrected chi connectivity index (χ0v) is 11.9. The van der Waals surface area contributed by atoms with Gasteiger partial charge in [0.2, 0.25) is 0 Å². The first kappa shape index (κ1) is 14.4. The first-order chi connectivity index (χ1) is 9.15. The number of hydrogen-bond acceptors (Lipinski definition) is 3. The fourth-order valence-corrected chi connectivity index (χ4v) is 2.91. The summed E-state index contributed by atoms with van der Waals surface area (Å²) in [6.45, 7) is 0. The maximum atomic E-state index is 12.1. The number of hydrogen-bond donors (Lipinski definition) is 1. The van der Waals surface area contributed by atoms with Crippen LogP contribution in [-0.2, 0) is 10.0 Å². The second kappa shape index (κ2) is 5.56. The van der Waals surface area contributed by atoms with Gasteiger partial charge in [0, 0.05) is 11.1 Å². The van der Waals surface area contributed by atoms with Gasteiger partial charge in [0.25, 0.3) is 10.0 Å². The summed E-state index contributed by atoms with van der Waals surface area (Å²) in [6.07, 6.45) is 1.57. The van der Waals surface area contributed by atoms with Crippen LogP contribution in [0.4, 0.5) is 5.69 Å². The van der Waals surface area contributed by atoms with E-state index in [1.54, 1.807) is 60.9 Å². The van der Waals surface area contributed by atoms with E-state index < -0.39 is 10.0 Å². The summed E-state index contributed by atoms with van der Waals surface area (Å²) in [5.41, 5.74) is 1.24. The zero-order chi connectivity index (χ0) is 13.3. The topological polar surface area (TPSA) is 59.3 Å². The molecule has 104 valence electrons. The Kier molecular flexibility index (Phi) is 4.01. The summed E-state index contributed by atoms with van der Waals surface area (Å²) in [5.74, 6) is 0. The highest BCUT2D eigenvalue weighted by molar-refractivity contribution is 7.92. The monoisotopic (exact) mass is 309 g/mol. The van der Waals surface area contributed by atoms with Crippen molar-refractivity contribution < 1.29 is 12.8 Å². The molecule has 0 atom stereocenters. The van der Waals surface area contributed by atoms with E-state index in [0.29, 0.717) is 5.69 Å². The lowest BCUT2D eigenvalue weighted by Gasteiger charge is -2.07. The molecule has 3 rings (SSSR count). The van der Waals surface area contributed by atoms with Gasteiger partial charge in [0.05, 0.1) is 11.2 Å². The number of nitrogens with one attached hydrogen (secondary N) is 1. The Morgan fingerprint density at radius 2 is 1.70 bits per heavy atom. The molecule has 6 heteroatoms. The van der Waals surface area contributed by atoms with Crippen molar-refractivity contribution in [3.8, 4) is 0 Å². The van der Waals surface area contributed by atoms with Gasteiger partial charge < -0.3 is 4.42 Å². The van der Waals surface area contributed by atoms with E-state index in [2.05, 4.69) is 4.72 Å². The van der Waals surface area contributed by atoms with Crippen molar-refractivity contribution in [2.24, 2.45) is 0 Å². The molecule has 0 unspecified atom stereocenters. The molecule has 0 amide bonds. The third kappa shape index (κ3) is 2.79. The Morgan fingerprint density at radius 1 is 0.950 bits per heavy atom. The van der Waals surface area contributed by atoms with Crippen LogP contribution in [0.5, 0.6) is 0 Å². The van der Waals surface area contributed by atoms with Crippen molar-refractivity contribution in [3.63, 3.8) is 0 Å². The number of benzene rings is 2. The molecule has 0 aliphatic carbocycles. The van der Waals surface area contributed by atoms with Crippen molar-refractivity contribution >= 4 is 39.1 Å². The van der Waals surface area contributed by atoms with Gasteiger partial charge in [-0.15, -0.1) is 12.4 Å². The Labute approximate surface area is 122 Å². The largest absolute Gasteiger partial charge is 0.464 e. The van der Waals surface area contributed by atoms with Crippen LogP contribution in [0.2, 0.25) is 0 Å². The van der Waals surface area contributed by atoms with Gasteiger partial charge in [-0.05, 0) is 36.4 Å². The summed E-state index contributed by atoms with van der Waals surface area (Å²) in [6, 6.07) is 15.2. The fraction of sp³-hybridized carbons (Fsp3) is 0. The Morgan fingerprint density at radius 3 is 2.45 bits per heavy atom. The molecule has 1 aromatic heterocycles. The van der Waals surface area contributed by atoms with Crippen molar-refractivity contribution in [2.75, 3.05) is 4.72 Å². The van der Waals surface area contributed by atoms with Crippen molar-refractivity contribution in [1.29, 1.82) is 0 Å². The number of fused-ring (bicyclic) bond motifs is 1. The highest BCUT2D eigenvalue weighted by Crippen LogP contribution is 2.22. The third-order valence-electron chi connectivity index (χ3n) is 2.76. The van der Waals surface area contributed by atoms with E-state index in [4.69, 9.17) is 4.42 Å². The number of anilines is 1. The fourth-order valence-electron chi connectivity index (χ4n) is 1.84. The van der Waals surface area contributed by atoms with Crippen LogP contribution in [0, 0.1) is 0 Å². The molecular formula is C14H12ClNO3S. The average Bonchev–Trinajstić information content (AvgIpc) is 2.87. The van der Waals surface area contributed by atoms with E-state index in [9.17, 15) is 8.42 Å². The molecular weight excluding hydrogens is 298 g/mol. The normalized spacial score (nSPS) is 11.0. The maximum Gasteiger partial charge on any atom is 0.261 e. The minimum Gasteiger partial charge on any atom is -0.464 e. The van der Waals surface area contributed by atoms with Crippen LogP contribution in [0.25, 0.3) is 11.0 Å². The molecule has 0 fully saturated rings. The van der Waals surface area contributed by atoms with Gasteiger partial charge in [0.15, 0.2) is 0 Å². The summed E-state index contributed by atoms with van der Waals surface area (Å²) in [4.78, 5) is 0.238. The van der Waals surface area contributed by atoms with Crippen LogP contribution < -0.4 is 4.72 Å². The maximum absolute atomic E-state index is 12.1. The van der Waals surface area contributed by atoms with E-state index in [0.717, 1.165) is 11.0 Å². The Balaban J connectivity index is 0.00000147. The van der Waals surface area contributed by atoms with E-state index in [-0.39, 0.29) is 17.3 Å². The van der Waals surface area contributed by atoms with Gasteiger partial charge in [-0.1, -0.05) is 18.2 Å². The third-order valence-corrected chi connectivity index (χ3v) is 4.16. The molecule has 1 N–H and O–H groups in total. The average molecular weight is 310 g/mol. The smallest absolute Gasteiger partial charge is 0.261 e. The molecule has 0 saturated heterocycles. The molecule has 0 saturated carbocycles. The van der Waals surface area contributed by atoms with E-state index in [1.165, 1.54) is 0 Å². The van der Waals surface area contributed by atoms with Crippen LogP contribution in [-0.4, -0.2) is 8.42 Å².